The van der Waals surface area contributed by atoms with Crippen LogP contribution in [-0.2, 0) is 50.3 Å². The Bertz CT molecular complexity index is 801. The molecule has 0 heterocycles. The second-order valence-electron chi connectivity index (χ2n) is 15.2. The van der Waals surface area contributed by atoms with Crippen LogP contribution in [0.1, 0.15) is 142 Å². The van der Waals surface area contributed by atoms with E-state index in [2.05, 4.69) is 6.07 Å². The lowest BCUT2D eigenvalue weighted by Crippen LogP contribution is -2.38. The summed E-state index contributed by atoms with van der Waals surface area (Å²) in [4.78, 5) is 43.5. The van der Waals surface area contributed by atoms with Crippen LogP contribution in [0.15, 0.2) is 24.3 Å². The molecule has 1 rings (SSSR count). The van der Waals surface area contributed by atoms with E-state index < -0.39 is 17.0 Å². The van der Waals surface area contributed by atoms with Crippen LogP contribution in [0, 0.1) is 0 Å². The van der Waals surface area contributed by atoms with Gasteiger partial charge in [-0.1, -0.05) is 25.1 Å². The van der Waals surface area contributed by atoms with Gasteiger partial charge in [0.05, 0.1) is 22.4 Å². The van der Waals surface area contributed by atoms with Crippen molar-refractivity contribution in [2.75, 3.05) is 0 Å². The normalized spacial score (nSPS) is 14.2. The van der Waals surface area contributed by atoms with Crippen LogP contribution in [0.5, 0.6) is 0 Å². The first-order valence-electron chi connectivity index (χ1n) is 14.2. The summed E-state index contributed by atoms with van der Waals surface area (Å²) >= 11 is 0. The van der Waals surface area contributed by atoms with Gasteiger partial charge in [0.2, 0.25) is 5.79 Å². The number of hydrogen-bond donors (Lipinski definition) is 0. The monoisotopic (exact) mass is 572 g/mol. The van der Waals surface area contributed by atoms with E-state index in [1.807, 2.05) is 136 Å². The van der Waals surface area contributed by atoms with E-state index >= 15 is 0 Å². The van der Waals surface area contributed by atoms with Gasteiger partial charge in [0.25, 0.3) is 0 Å². The highest BCUT2D eigenvalue weighted by atomic mass is 17.3. The van der Waals surface area contributed by atoms with E-state index in [0.29, 0.717) is 6.42 Å². The summed E-state index contributed by atoms with van der Waals surface area (Å²) in [7, 11) is 0. The van der Waals surface area contributed by atoms with Gasteiger partial charge in [0, 0.05) is 6.42 Å². The van der Waals surface area contributed by atoms with Crippen LogP contribution in [0.4, 0.5) is 0 Å². The van der Waals surface area contributed by atoms with Gasteiger partial charge in [-0.25, -0.2) is 29.3 Å². The maximum absolute atomic E-state index is 5.69. The van der Waals surface area contributed by atoms with Crippen molar-refractivity contribution in [3.8, 4) is 0 Å². The van der Waals surface area contributed by atoms with Crippen LogP contribution in [-0.4, -0.2) is 28.2 Å². The summed E-state index contributed by atoms with van der Waals surface area (Å²) in [5.74, 6) is -0.888. The van der Waals surface area contributed by atoms with E-state index in [9.17, 15) is 0 Å². The summed E-state index contributed by atoms with van der Waals surface area (Å²) in [6.45, 7) is 34.9. The summed E-state index contributed by atoms with van der Waals surface area (Å²) in [5.41, 5.74) is -0.610. The molecule has 8 heteroatoms. The lowest BCUT2D eigenvalue weighted by atomic mass is 9.91. The van der Waals surface area contributed by atoms with Crippen molar-refractivity contribution in [2.45, 2.75) is 170 Å². The number of benzene rings is 1. The molecule has 8 nitrogen and oxygen atoms in total. The van der Waals surface area contributed by atoms with Crippen molar-refractivity contribution >= 4 is 0 Å². The molecular formula is C32H60O8. The zero-order valence-electron chi connectivity index (χ0n) is 28.8. The Hall–Kier alpha value is -1.10. The van der Waals surface area contributed by atoms with Crippen LogP contribution in [0.3, 0.4) is 0 Å². The van der Waals surface area contributed by atoms with Gasteiger partial charge in [0.15, 0.2) is 0 Å². The third kappa shape index (κ3) is 17.7. The second-order valence-corrected chi connectivity index (χ2v) is 15.2. The Morgan fingerprint density at radius 3 is 0.950 bits per heavy atom. The summed E-state index contributed by atoms with van der Waals surface area (Å²) in [5, 5.41) is 0. The first-order chi connectivity index (χ1) is 17.6. The van der Waals surface area contributed by atoms with Crippen molar-refractivity contribution in [3.63, 3.8) is 0 Å². The largest absolute Gasteiger partial charge is 0.231 e. The lowest BCUT2D eigenvalue weighted by molar-refractivity contribution is -0.536. The summed E-state index contributed by atoms with van der Waals surface area (Å²) in [6, 6.07) is 8.11. The highest BCUT2D eigenvalue weighted by Crippen LogP contribution is 2.33. The zero-order valence-corrected chi connectivity index (χ0v) is 28.8. The van der Waals surface area contributed by atoms with E-state index in [1.54, 1.807) is 6.92 Å². The molecule has 0 aliphatic carbocycles. The topological polar surface area (TPSA) is 73.8 Å². The van der Waals surface area contributed by atoms with E-state index in [4.69, 9.17) is 39.1 Å². The minimum Gasteiger partial charge on any atom is -0.230 e. The van der Waals surface area contributed by atoms with Crippen molar-refractivity contribution in [3.05, 3.63) is 35.4 Å². The van der Waals surface area contributed by atoms with Crippen molar-refractivity contribution in [1.29, 1.82) is 0 Å². The van der Waals surface area contributed by atoms with Crippen LogP contribution in [0.25, 0.3) is 0 Å². The second kappa shape index (κ2) is 14.4. The lowest BCUT2D eigenvalue weighted by Gasteiger charge is -2.32. The molecule has 236 valence electrons. The summed E-state index contributed by atoms with van der Waals surface area (Å²) in [6.07, 6.45) is 0.624. The third-order valence-electron chi connectivity index (χ3n) is 4.83. The molecule has 0 unspecified atom stereocenters. The molecule has 0 saturated heterocycles. The Morgan fingerprint density at radius 1 is 0.425 bits per heavy atom. The van der Waals surface area contributed by atoms with Gasteiger partial charge in [-0.3, -0.25) is 0 Å². The molecule has 0 N–H and O–H groups in total. The molecule has 0 atom stereocenters. The van der Waals surface area contributed by atoms with Gasteiger partial charge in [0.1, 0.15) is 11.2 Å². The molecule has 0 spiro atoms. The minimum absolute atomic E-state index is 0.363. The SMILES string of the molecule is CC(C)(C)OOC(C)(C)c1cccc(C(C)(C)OOC(C)(C)C)c1.CCC(C)(OOC(C)(C)C)OOC(C)(C)C. The molecule has 0 aliphatic heterocycles. The van der Waals surface area contributed by atoms with E-state index in [1.165, 1.54) is 0 Å². The standard InChI is InChI=1S/C20H34O4.C12H26O4/c1-17(2,3)21-23-19(7,8)15-12-11-13-16(14-15)20(9,10)24-22-18(4,5)6;1-9-12(8,15-13-10(2,3)4)16-14-11(5,6)7/h11-14H,1-10H3;9H2,1-8H3. The molecule has 0 aromatic heterocycles. The molecular weight excluding hydrogens is 512 g/mol. The Labute approximate surface area is 245 Å². The molecule has 1 aromatic carbocycles. The first kappa shape index (κ1) is 38.9. The molecule has 0 aliphatic rings. The van der Waals surface area contributed by atoms with Gasteiger partial charge in [-0.05, 0) is 135 Å². The van der Waals surface area contributed by atoms with Crippen LogP contribution < -0.4 is 0 Å². The smallest absolute Gasteiger partial charge is 0.230 e. The highest BCUT2D eigenvalue weighted by Gasteiger charge is 2.32. The highest BCUT2D eigenvalue weighted by molar-refractivity contribution is 5.30. The summed E-state index contributed by atoms with van der Waals surface area (Å²) < 4.78 is 0. The maximum Gasteiger partial charge on any atom is 0.231 e. The predicted octanol–water partition coefficient (Wildman–Crippen LogP) is 9.26. The minimum atomic E-state index is -0.888. The maximum atomic E-state index is 5.69. The molecule has 1 aromatic rings. The van der Waals surface area contributed by atoms with Crippen LogP contribution >= 0.6 is 0 Å². The van der Waals surface area contributed by atoms with Gasteiger partial charge in [-0.15, -0.1) is 0 Å². The predicted molar refractivity (Wildman–Crippen MR) is 159 cm³/mol. The molecule has 0 bridgehead atoms. The molecule has 0 radical (unpaired) electrons. The van der Waals surface area contributed by atoms with Crippen LogP contribution in [0.2, 0.25) is 0 Å². The molecule has 0 amide bonds. The molecule has 40 heavy (non-hydrogen) atoms. The fourth-order valence-corrected chi connectivity index (χ4v) is 2.38. The number of rotatable bonds is 11. The Balaban J connectivity index is 0.000000829. The molecule has 0 saturated carbocycles. The molecule has 0 fully saturated rings. The third-order valence-corrected chi connectivity index (χ3v) is 4.83. The van der Waals surface area contributed by atoms with E-state index in [0.717, 1.165) is 11.1 Å². The van der Waals surface area contributed by atoms with E-state index in [-0.39, 0.29) is 22.4 Å². The fraction of sp³-hybridized carbons (Fsp3) is 0.812. The average molecular weight is 573 g/mol. The number of hydrogen-bond acceptors (Lipinski definition) is 8. The quantitative estimate of drug-likeness (QED) is 0.148. The first-order valence-corrected chi connectivity index (χ1v) is 14.2. The van der Waals surface area contributed by atoms with Gasteiger partial charge >= 0.3 is 0 Å². The van der Waals surface area contributed by atoms with Crippen molar-refractivity contribution in [1.82, 2.24) is 0 Å². The van der Waals surface area contributed by atoms with Gasteiger partial charge in [-0.2, -0.15) is 9.78 Å². The fourth-order valence-electron chi connectivity index (χ4n) is 2.38. The Morgan fingerprint density at radius 2 is 0.700 bits per heavy atom. The Kier molecular flexibility index (Phi) is 14.0. The zero-order chi connectivity index (χ0) is 31.8. The van der Waals surface area contributed by atoms with Gasteiger partial charge < -0.3 is 0 Å². The van der Waals surface area contributed by atoms with Crippen molar-refractivity contribution < 1.29 is 39.1 Å². The van der Waals surface area contributed by atoms with Crippen molar-refractivity contribution in [2.24, 2.45) is 0 Å². The average Bonchev–Trinajstić information content (AvgIpc) is 2.78.